The Bertz CT molecular complexity index is 735. The maximum Gasteiger partial charge on any atom is 0.269 e. The van der Waals surface area contributed by atoms with Crippen molar-refractivity contribution in [1.29, 1.82) is 0 Å². The molecular weight excluding hydrogens is 296 g/mol. The Kier molecular flexibility index (Phi) is 6.13. The molecule has 0 aliphatic rings. The molecule has 3 heteroatoms. The van der Waals surface area contributed by atoms with Crippen molar-refractivity contribution in [3.05, 3.63) is 52.3 Å². The molecule has 0 bridgehead atoms. The molecule has 1 amide bonds. The highest BCUT2D eigenvalue weighted by Gasteiger charge is 2.13. The number of hydrogen-bond donors (Lipinski definition) is 1. The number of carbonyl (C=O) groups is 1. The Morgan fingerprint density at radius 3 is 2.42 bits per heavy atom. The van der Waals surface area contributed by atoms with E-state index >= 15 is 0 Å². The van der Waals surface area contributed by atoms with E-state index < -0.39 is 0 Å². The number of amides is 1. The summed E-state index contributed by atoms with van der Waals surface area (Å²) in [6.07, 6.45) is 6.33. The van der Waals surface area contributed by atoms with Gasteiger partial charge in [0, 0.05) is 18.8 Å². The number of pyridine rings is 1. The predicted octanol–water partition coefficient (Wildman–Crippen LogP) is 4.63. The Balaban J connectivity index is 2.50. The van der Waals surface area contributed by atoms with Crippen molar-refractivity contribution in [2.24, 2.45) is 0 Å². The molecule has 0 saturated carbocycles. The zero-order chi connectivity index (χ0) is 17.7. The average molecular weight is 324 g/mol. The fourth-order valence-corrected chi connectivity index (χ4v) is 3.09. The third-order valence-electron chi connectivity index (χ3n) is 4.57. The molecule has 1 aromatic carbocycles. The molecule has 0 aliphatic heterocycles. The lowest BCUT2D eigenvalue weighted by atomic mass is 9.91. The molecule has 2 aromatic rings. The van der Waals surface area contributed by atoms with Gasteiger partial charge < -0.3 is 5.32 Å². The van der Waals surface area contributed by atoms with E-state index in [0.717, 1.165) is 24.0 Å². The van der Waals surface area contributed by atoms with Crippen molar-refractivity contribution >= 4 is 5.91 Å². The number of unbranched alkanes of at least 4 members (excludes halogenated alkanes) is 1. The summed E-state index contributed by atoms with van der Waals surface area (Å²) in [6.45, 7) is 8.55. The van der Waals surface area contributed by atoms with Gasteiger partial charge in [-0.1, -0.05) is 32.4 Å². The number of nitrogens with zero attached hydrogens (tertiary/aromatic N) is 1. The highest BCUT2D eigenvalue weighted by Crippen LogP contribution is 2.29. The normalized spacial score (nSPS) is 10.7. The van der Waals surface area contributed by atoms with Crippen LogP contribution in [0.4, 0.5) is 0 Å². The molecule has 0 spiro atoms. The SMILES string of the molecule is CCCCc1cc(-c2cnc(C(=O)NC)c(C)c2)c(CC)cc1C. The third kappa shape index (κ3) is 3.84. The number of nitrogens with one attached hydrogen (secondary N) is 1. The van der Waals surface area contributed by atoms with Crippen LogP contribution in [-0.2, 0) is 12.8 Å². The summed E-state index contributed by atoms with van der Waals surface area (Å²) in [4.78, 5) is 16.3. The Morgan fingerprint density at radius 1 is 1.08 bits per heavy atom. The van der Waals surface area contributed by atoms with Gasteiger partial charge in [-0.2, -0.15) is 0 Å². The highest BCUT2D eigenvalue weighted by molar-refractivity contribution is 5.93. The lowest BCUT2D eigenvalue weighted by Crippen LogP contribution is -2.20. The fraction of sp³-hybridized carbons (Fsp3) is 0.429. The van der Waals surface area contributed by atoms with Gasteiger partial charge in [-0.3, -0.25) is 9.78 Å². The van der Waals surface area contributed by atoms with Crippen LogP contribution >= 0.6 is 0 Å². The molecule has 0 atom stereocenters. The molecule has 1 N–H and O–H groups in total. The molecule has 3 nitrogen and oxygen atoms in total. The molecule has 128 valence electrons. The molecule has 0 unspecified atom stereocenters. The lowest BCUT2D eigenvalue weighted by Gasteiger charge is -2.15. The van der Waals surface area contributed by atoms with Crippen LogP contribution in [0.15, 0.2) is 24.4 Å². The second kappa shape index (κ2) is 8.09. The topological polar surface area (TPSA) is 42.0 Å². The quantitative estimate of drug-likeness (QED) is 0.841. The standard InChI is InChI=1S/C21H28N2O/c1-6-8-9-17-12-19(16(7-2)10-14(17)3)18-11-15(4)20(23-13-18)21(24)22-5/h10-13H,6-9H2,1-5H3,(H,22,24). The smallest absolute Gasteiger partial charge is 0.269 e. The summed E-state index contributed by atoms with van der Waals surface area (Å²) < 4.78 is 0. The van der Waals surface area contributed by atoms with Crippen LogP contribution in [0, 0.1) is 13.8 Å². The zero-order valence-corrected chi connectivity index (χ0v) is 15.5. The molecule has 1 aromatic heterocycles. The number of aryl methyl sites for hydroxylation is 4. The van der Waals surface area contributed by atoms with Crippen molar-refractivity contribution in [3.8, 4) is 11.1 Å². The summed E-state index contributed by atoms with van der Waals surface area (Å²) >= 11 is 0. The summed E-state index contributed by atoms with van der Waals surface area (Å²) in [7, 11) is 1.63. The minimum absolute atomic E-state index is 0.137. The maximum absolute atomic E-state index is 11.8. The Labute approximate surface area is 145 Å². The molecular formula is C21H28N2O. The van der Waals surface area contributed by atoms with Gasteiger partial charge in [0.05, 0.1) is 0 Å². The number of carbonyl (C=O) groups excluding carboxylic acids is 1. The first-order valence-corrected chi connectivity index (χ1v) is 8.83. The van der Waals surface area contributed by atoms with Crippen LogP contribution in [0.5, 0.6) is 0 Å². The molecule has 0 saturated heterocycles. The van der Waals surface area contributed by atoms with Crippen LogP contribution in [0.25, 0.3) is 11.1 Å². The van der Waals surface area contributed by atoms with Gasteiger partial charge in [-0.25, -0.2) is 0 Å². The number of aromatic nitrogens is 1. The lowest BCUT2D eigenvalue weighted by molar-refractivity contribution is 0.0957. The van der Waals surface area contributed by atoms with Crippen LogP contribution in [-0.4, -0.2) is 17.9 Å². The average Bonchev–Trinajstić information content (AvgIpc) is 2.59. The molecule has 2 rings (SSSR count). The van der Waals surface area contributed by atoms with E-state index in [1.54, 1.807) is 7.05 Å². The molecule has 1 heterocycles. The summed E-state index contributed by atoms with van der Waals surface area (Å²) in [5, 5.41) is 2.64. The van der Waals surface area contributed by atoms with Crippen molar-refractivity contribution < 1.29 is 4.79 Å². The number of rotatable bonds is 6. The van der Waals surface area contributed by atoms with Gasteiger partial charge in [0.2, 0.25) is 0 Å². The van der Waals surface area contributed by atoms with Crippen LogP contribution in [0.1, 0.15) is 59.4 Å². The van der Waals surface area contributed by atoms with Gasteiger partial charge in [0.1, 0.15) is 5.69 Å². The molecule has 0 aliphatic carbocycles. The van der Waals surface area contributed by atoms with Crippen LogP contribution in [0.3, 0.4) is 0 Å². The van der Waals surface area contributed by atoms with Crippen molar-refractivity contribution in [2.45, 2.75) is 53.4 Å². The van der Waals surface area contributed by atoms with Gasteiger partial charge in [-0.15, -0.1) is 0 Å². The monoisotopic (exact) mass is 324 g/mol. The van der Waals surface area contributed by atoms with Gasteiger partial charge >= 0.3 is 0 Å². The zero-order valence-electron chi connectivity index (χ0n) is 15.5. The first-order chi connectivity index (χ1) is 11.5. The number of benzene rings is 1. The maximum atomic E-state index is 11.8. The third-order valence-corrected chi connectivity index (χ3v) is 4.57. The summed E-state index contributed by atoms with van der Waals surface area (Å²) in [5.74, 6) is -0.137. The minimum Gasteiger partial charge on any atom is -0.354 e. The van der Waals surface area contributed by atoms with Gasteiger partial charge in [0.25, 0.3) is 5.91 Å². The van der Waals surface area contributed by atoms with Gasteiger partial charge in [-0.05, 0) is 67.0 Å². The summed E-state index contributed by atoms with van der Waals surface area (Å²) in [5.41, 5.74) is 7.86. The van der Waals surface area contributed by atoms with E-state index in [0.29, 0.717) is 5.69 Å². The van der Waals surface area contributed by atoms with Crippen molar-refractivity contribution in [2.75, 3.05) is 7.05 Å². The Hall–Kier alpha value is -2.16. The van der Waals surface area contributed by atoms with Crippen LogP contribution in [0.2, 0.25) is 0 Å². The van der Waals surface area contributed by atoms with E-state index in [9.17, 15) is 4.79 Å². The second-order valence-electron chi connectivity index (χ2n) is 6.36. The first-order valence-electron chi connectivity index (χ1n) is 8.83. The van der Waals surface area contributed by atoms with E-state index in [2.05, 4.69) is 49.3 Å². The largest absolute Gasteiger partial charge is 0.354 e. The summed E-state index contributed by atoms with van der Waals surface area (Å²) in [6, 6.07) is 6.70. The van der Waals surface area contributed by atoms with E-state index in [-0.39, 0.29) is 5.91 Å². The van der Waals surface area contributed by atoms with E-state index in [4.69, 9.17) is 0 Å². The molecule has 24 heavy (non-hydrogen) atoms. The first kappa shape index (κ1) is 18.2. The Morgan fingerprint density at radius 2 is 1.83 bits per heavy atom. The highest BCUT2D eigenvalue weighted by atomic mass is 16.1. The predicted molar refractivity (Wildman–Crippen MR) is 101 cm³/mol. The van der Waals surface area contributed by atoms with Crippen LogP contribution < -0.4 is 5.32 Å². The molecule has 0 radical (unpaired) electrons. The molecule has 0 fully saturated rings. The van der Waals surface area contributed by atoms with Gasteiger partial charge in [0.15, 0.2) is 0 Å². The number of hydrogen-bond acceptors (Lipinski definition) is 2. The van der Waals surface area contributed by atoms with Crippen molar-refractivity contribution in [1.82, 2.24) is 10.3 Å². The van der Waals surface area contributed by atoms with Crippen molar-refractivity contribution in [3.63, 3.8) is 0 Å². The van der Waals surface area contributed by atoms with E-state index in [1.807, 2.05) is 13.1 Å². The minimum atomic E-state index is -0.137. The fourth-order valence-electron chi connectivity index (χ4n) is 3.09. The second-order valence-corrected chi connectivity index (χ2v) is 6.36. The van der Waals surface area contributed by atoms with E-state index in [1.165, 1.54) is 35.1 Å².